The van der Waals surface area contributed by atoms with Crippen molar-refractivity contribution in [2.45, 2.75) is 52.2 Å². The molecular weight excluding hydrogens is 252 g/mol. The second-order valence-electron chi connectivity index (χ2n) is 5.96. The lowest BCUT2D eigenvalue weighted by Crippen LogP contribution is -2.40. The van der Waals surface area contributed by atoms with E-state index >= 15 is 0 Å². The van der Waals surface area contributed by atoms with Gasteiger partial charge < -0.3 is 10.1 Å². The highest BCUT2D eigenvalue weighted by Gasteiger charge is 2.21. The highest BCUT2D eigenvalue weighted by molar-refractivity contribution is 5.68. The van der Waals surface area contributed by atoms with Crippen LogP contribution in [0.5, 0.6) is 0 Å². The standard InChI is InChI=1S/C16H22N2O2/c1-11(14-8-6-13(10-17)7-9-14)12(2)18-15(19)20-16(3,4)5/h6-9,11-12H,1-5H3,(H,18,19)/t11-,12-/m0/s1. The molecule has 1 aromatic rings. The third kappa shape index (κ3) is 4.93. The number of nitrogens with zero attached hydrogens (tertiary/aromatic N) is 1. The molecule has 0 aliphatic rings. The molecule has 0 aromatic heterocycles. The number of alkyl carbamates (subject to hydrolysis) is 1. The maximum atomic E-state index is 11.7. The molecule has 4 heteroatoms. The van der Waals surface area contributed by atoms with Crippen molar-refractivity contribution < 1.29 is 9.53 Å². The fourth-order valence-electron chi connectivity index (χ4n) is 1.77. The number of amides is 1. The fourth-order valence-corrected chi connectivity index (χ4v) is 1.77. The summed E-state index contributed by atoms with van der Waals surface area (Å²) in [6.07, 6.45) is -0.412. The first-order valence-electron chi connectivity index (χ1n) is 6.72. The molecule has 0 heterocycles. The topological polar surface area (TPSA) is 62.1 Å². The summed E-state index contributed by atoms with van der Waals surface area (Å²) < 4.78 is 5.24. The minimum absolute atomic E-state index is 0.0576. The number of rotatable bonds is 3. The van der Waals surface area contributed by atoms with E-state index in [2.05, 4.69) is 11.4 Å². The van der Waals surface area contributed by atoms with Gasteiger partial charge in [0.25, 0.3) is 0 Å². The van der Waals surface area contributed by atoms with Gasteiger partial charge in [0.2, 0.25) is 0 Å². The highest BCUT2D eigenvalue weighted by atomic mass is 16.6. The first kappa shape index (κ1) is 16.0. The van der Waals surface area contributed by atoms with Gasteiger partial charge >= 0.3 is 6.09 Å². The second kappa shape index (κ2) is 6.42. The lowest BCUT2D eigenvalue weighted by molar-refractivity contribution is 0.0502. The summed E-state index contributed by atoms with van der Waals surface area (Å²) in [4.78, 5) is 11.7. The predicted molar refractivity (Wildman–Crippen MR) is 78.4 cm³/mol. The van der Waals surface area contributed by atoms with E-state index in [1.54, 1.807) is 12.1 Å². The second-order valence-corrected chi connectivity index (χ2v) is 5.96. The smallest absolute Gasteiger partial charge is 0.407 e. The van der Waals surface area contributed by atoms with Gasteiger partial charge in [-0.05, 0) is 45.4 Å². The minimum atomic E-state index is -0.499. The molecule has 0 bridgehead atoms. The molecule has 1 rings (SSSR count). The largest absolute Gasteiger partial charge is 0.444 e. The Kier molecular flexibility index (Phi) is 5.15. The van der Waals surface area contributed by atoms with Gasteiger partial charge in [0.1, 0.15) is 5.60 Å². The van der Waals surface area contributed by atoms with Crippen LogP contribution in [0.15, 0.2) is 24.3 Å². The molecule has 0 unspecified atom stereocenters. The summed E-state index contributed by atoms with van der Waals surface area (Å²) in [5.41, 5.74) is 1.21. The molecule has 1 amide bonds. The van der Waals surface area contributed by atoms with Crippen LogP contribution >= 0.6 is 0 Å². The molecule has 1 N–H and O–H groups in total. The van der Waals surface area contributed by atoms with Crippen molar-refractivity contribution in [3.8, 4) is 6.07 Å². The van der Waals surface area contributed by atoms with Crippen molar-refractivity contribution in [3.63, 3.8) is 0 Å². The molecule has 0 spiro atoms. The van der Waals surface area contributed by atoms with Gasteiger partial charge in [-0.2, -0.15) is 5.26 Å². The van der Waals surface area contributed by atoms with E-state index in [9.17, 15) is 4.79 Å². The van der Waals surface area contributed by atoms with Gasteiger partial charge in [-0.15, -0.1) is 0 Å². The SMILES string of the molecule is C[C@H](NC(=O)OC(C)(C)C)[C@H](C)c1ccc(C#N)cc1. The van der Waals surface area contributed by atoms with Crippen molar-refractivity contribution in [3.05, 3.63) is 35.4 Å². The molecule has 0 saturated carbocycles. The van der Waals surface area contributed by atoms with Crippen molar-refractivity contribution in [1.29, 1.82) is 5.26 Å². The lowest BCUT2D eigenvalue weighted by Gasteiger charge is -2.25. The van der Waals surface area contributed by atoms with Crippen LogP contribution in [0.1, 0.15) is 51.7 Å². The van der Waals surface area contributed by atoms with Gasteiger partial charge in [-0.25, -0.2) is 4.79 Å². The Balaban J connectivity index is 2.64. The summed E-state index contributed by atoms with van der Waals surface area (Å²) in [5, 5.41) is 11.6. The van der Waals surface area contributed by atoms with Crippen molar-refractivity contribution in [2.75, 3.05) is 0 Å². The lowest BCUT2D eigenvalue weighted by atomic mass is 9.94. The van der Waals surface area contributed by atoms with Crippen LogP contribution in [0.3, 0.4) is 0 Å². The first-order valence-corrected chi connectivity index (χ1v) is 6.72. The molecule has 0 radical (unpaired) electrons. The Morgan fingerprint density at radius 3 is 2.25 bits per heavy atom. The molecule has 20 heavy (non-hydrogen) atoms. The Morgan fingerprint density at radius 2 is 1.80 bits per heavy atom. The number of carbonyl (C=O) groups excluding carboxylic acids is 1. The molecular formula is C16H22N2O2. The quantitative estimate of drug-likeness (QED) is 0.916. The van der Waals surface area contributed by atoms with Gasteiger partial charge in [0, 0.05) is 12.0 Å². The van der Waals surface area contributed by atoms with Crippen molar-refractivity contribution in [1.82, 2.24) is 5.32 Å². The van der Waals surface area contributed by atoms with Crippen LogP contribution in [-0.4, -0.2) is 17.7 Å². The zero-order valence-corrected chi connectivity index (χ0v) is 12.7. The minimum Gasteiger partial charge on any atom is -0.444 e. The Morgan fingerprint density at radius 1 is 1.25 bits per heavy atom. The van der Waals surface area contributed by atoms with Crippen LogP contribution in [0.2, 0.25) is 0 Å². The van der Waals surface area contributed by atoms with Crippen LogP contribution < -0.4 is 5.32 Å². The van der Waals surface area contributed by atoms with E-state index in [1.807, 2.05) is 46.8 Å². The Hall–Kier alpha value is -2.02. The zero-order valence-electron chi connectivity index (χ0n) is 12.7. The summed E-state index contributed by atoms with van der Waals surface area (Å²) >= 11 is 0. The van der Waals surface area contributed by atoms with Gasteiger partial charge in [-0.3, -0.25) is 0 Å². The van der Waals surface area contributed by atoms with Crippen LogP contribution in [0.4, 0.5) is 4.79 Å². The van der Waals surface area contributed by atoms with Crippen LogP contribution in [-0.2, 0) is 4.74 Å². The highest BCUT2D eigenvalue weighted by Crippen LogP contribution is 2.20. The van der Waals surface area contributed by atoms with E-state index < -0.39 is 11.7 Å². The third-order valence-corrected chi connectivity index (χ3v) is 3.06. The predicted octanol–water partition coefficient (Wildman–Crippen LogP) is 3.57. The van der Waals surface area contributed by atoms with Gasteiger partial charge in [0.05, 0.1) is 11.6 Å². The zero-order chi connectivity index (χ0) is 15.3. The normalized spacial score (nSPS) is 14.0. The van der Waals surface area contributed by atoms with Gasteiger partial charge in [0.15, 0.2) is 0 Å². The molecule has 0 saturated heterocycles. The average molecular weight is 274 g/mol. The Labute approximate surface area is 120 Å². The number of ether oxygens (including phenoxy) is 1. The molecule has 2 atom stereocenters. The summed E-state index contributed by atoms with van der Waals surface area (Å²) in [5.74, 6) is 0.135. The monoisotopic (exact) mass is 274 g/mol. The van der Waals surface area contributed by atoms with E-state index in [0.717, 1.165) is 5.56 Å². The van der Waals surface area contributed by atoms with Crippen molar-refractivity contribution >= 4 is 6.09 Å². The Bertz CT molecular complexity index is 495. The number of carbonyl (C=O) groups is 1. The molecule has 0 aliphatic heterocycles. The number of nitrogens with one attached hydrogen (secondary N) is 1. The third-order valence-electron chi connectivity index (χ3n) is 3.06. The molecule has 0 aliphatic carbocycles. The van der Waals surface area contributed by atoms with Crippen molar-refractivity contribution in [2.24, 2.45) is 0 Å². The maximum Gasteiger partial charge on any atom is 0.407 e. The number of nitriles is 1. The van der Waals surface area contributed by atoms with E-state index in [-0.39, 0.29) is 12.0 Å². The van der Waals surface area contributed by atoms with Gasteiger partial charge in [-0.1, -0.05) is 19.1 Å². The molecule has 0 fully saturated rings. The summed E-state index contributed by atoms with van der Waals surface area (Å²) in [6.45, 7) is 9.47. The average Bonchev–Trinajstić information content (AvgIpc) is 2.35. The van der Waals surface area contributed by atoms with E-state index in [0.29, 0.717) is 5.56 Å². The molecule has 4 nitrogen and oxygen atoms in total. The number of hydrogen-bond acceptors (Lipinski definition) is 3. The van der Waals surface area contributed by atoms with E-state index in [1.165, 1.54) is 0 Å². The van der Waals surface area contributed by atoms with Crippen LogP contribution in [0.25, 0.3) is 0 Å². The fraction of sp³-hybridized carbons (Fsp3) is 0.500. The summed E-state index contributed by atoms with van der Waals surface area (Å²) in [6, 6.07) is 9.43. The molecule has 1 aromatic carbocycles. The molecule has 108 valence electrons. The van der Waals surface area contributed by atoms with Crippen LogP contribution in [0, 0.1) is 11.3 Å². The maximum absolute atomic E-state index is 11.7. The van der Waals surface area contributed by atoms with E-state index in [4.69, 9.17) is 10.00 Å². The number of benzene rings is 1. The number of hydrogen-bond donors (Lipinski definition) is 1. The summed E-state index contributed by atoms with van der Waals surface area (Å²) in [7, 11) is 0. The first-order chi connectivity index (χ1) is 9.23.